The van der Waals surface area contributed by atoms with Gasteiger partial charge in [0, 0.05) is 11.4 Å². The Kier molecular flexibility index (Phi) is 3.24. The standard InChI is InChI=1S/C13H21N3O/c1-10-6-7-11(2)16(10)15-12(17)13(3)8-4-5-9-14-13/h6-7,14H,4-5,8-9H2,1-3H3,(H,15,17). The first-order valence-electron chi connectivity index (χ1n) is 6.24. The van der Waals surface area contributed by atoms with Crippen LogP contribution < -0.4 is 10.7 Å². The molecule has 1 fully saturated rings. The van der Waals surface area contributed by atoms with E-state index in [9.17, 15) is 4.79 Å². The van der Waals surface area contributed by atoms with E-state index in [1.807, 2.05) is 37.6 Å². The minimum absolute atomic E-state index is 0.0552. The predicted molar refractivity (Wildman–Crippen MR) is 68.5 cm³/mol. The Bertz CT molecular complexity index is 397. The van der Waals surface area contributed by atoms with Gasteiger partial charge in [-0.25, -0.2) is 0 Å². The number of rotatable bonds is 2. The summed E-state index contributed by atoms with van der Waals surface area (Å²) in [6.07, 6.45) is 3.17. The molecule has 0 aliphatic carbocycles. The zero-order chi connectivity index (χ0) is 12.5. The fourth-order valence-electron chi connectivity index (χ4n) is 2.32. The lowest BCUT2D eigenvalue weighted by atomic mass is 9.90. The van der Waals surface area contributed by atoms with Gasteiger partial charge in [0.2, 0.25) is 0 Å². The fourth-order valence-corrected chi connectivity index (χ4v) is 2.32. The van der Waals surface area contributed by atoms with Crippen LogP contribution >= 0.6 is 0 Å². The number of hydrogen-bond acceptors (Lipinski definition) is 2. The summed E-state index contributed by atoms with van der Waals surface area (Å²) in [7, 11) is 0. The van der Waals surface area contributed by atoms with Crippen LogP contribution in [0.4, 0.5) is 0 Å². The lowest BCUT2D eigenvalue weighted by Gasteiger charge is -2.33. The first-order valence-corrected chi connectivity index (χ1v) is 6.24. The third-order valence-corrected chi connectivity index (χ3v) is 3.60. The van der Waals surface area contributed by atoms with Crippen molar-refractivity contribution in [1.29, 1.82) is 0 Å². The van der Waals surface area contributed by atoms with Crippen molar-refractivity contribution in [3.63, 3.8) is 0 Å². The van der Waals surface area contributed by atoms with Crippen molar-refractivity contribution in [3.05, 3.63) is 23.5 Å². The summed E-state index contributed by atoms with van der Waals surface area (Å²) in [5.74, 6) is 0.0552. The summed E-state index contributed by atoms with van der Waals surface area (Å²) < 4.78 is 1.85. The summed E-state index contributed by atoms with van der Waals surface area (Å²) in [4.78, 5) is 12.3. The molecule has 1 aromatic heterocycles. The second-order valence-corrected chi connectivity index (χ2v) is 5.11. The summed E-state index contributed by atoms with van der Waals surface area (Å²) in [6, 6.07) is 4.01. The lowest BCUT2D eigenvalue weighted by molar-refractivity contribution is -0.123. The zero-order valence-electron chi connectivity index (χ0n) is 10.8. The monoisotopic (exact) mass is 235 g/mol. The van der Waals surface area contributed by atoms with E-state index in [1.54, 1.807) is 0 Å². The molecule has 17 heavy (non-hydrogen) atoms. The first kappa shape index (κ1) is 12.2. The lowest BCUT2D eigenvalue weighted by Crippen LogP contribution is -2.56. The van der Waals surface area contributed by atoms with Gasteiger partial charge in [0.05, 0.1) is 5.54 Å². The average molecular weight is 235 g/mol. The van der Waals surface area contributed by atoms with Crippen molar-refractivity contribution in [2.45, 2.75) is 45.6 Å². The van der Waals surface area contributed by atoms with E-state index >= 15 is 0 Å². The molecule has 1 aliphatic rings. The number of amides is 1. The van der Waals surface area contributed by atoms with Gasteiger partial charge in [0.15, 0.2) is 0 Å². The summed E-state index contributed by atoms with van der Waals surface area (Å²) >= 11 is 0. The van der Waals surface area contributed by atoms with E-state index in [-0.39, 0.29) is 5.91 Å². The van der Waals surface area contributed by atoms with Gasteiger partial charge in [0.1, 0.15) is 0 Å². The van der Waals surface area contributed by atoms with Crippen LogP contribution in [-0.2, 0) is 4.79 Å². The van der Waals surface area contributed by atoms with E-state index in [2.05, 4.69) is 10.7 Å². The maximum absolute atomic E-state index is 12.3. The van der Waals surface area contributed by atoms with E-state index in [4.69, 9.17) is 0 Å². The minimum atomic E-state index is -0.429. The Labute approximate surface area is 102 Å². The minimum Gasteiger partial charge on any atom is -0.304 e. The van der Waals surface area contributed by atoms with Crippen molar-refractivity contribution < 1.29 is 4.79 Å². The number of nitrogens with zero attached hydrogens (tertiary/aromatic N) is 1. The molecule has 1 aromatic rings. The van der Waals surface area contributed by atoms with Crippen LogP contribution in [0.15, 0.2) is 12.1 Å². The molecule has 1 amide bonds. The highest BCUT2D eigenvalue weighted by molar-refractivity contribution is 5.92. The van der Waals surface area contributed by atoms with Crippen molar-refractivity contribution in [3.8, 4) is 0 Å². The van der Waals surface area contributed by atoms with Crippen molar-refractivity contribution in [2.75, 3.05) is 12.0 Å². The molecule has 4 heteroatoms. The first-order chi connectivity index (χ1) is 8.03. The molecular weight excluding hydrogens is 214 g/mol. The van der Waals surface area contributed by atoms with Gasteiger partial charge in [-0.05, 0) is 58.7 Å². The quantitative estimate of drug-likeness (QED) is 0.819. The molecule has 1 unspecified atom stereocenters. The van der Waals surface area contributed by atoms with E-state index in [1.165, 1.54) is 0 Å². The molecule has 1 atom stereocenters. The van der Waals surface area contributed by atoms with Gasteiger partial charge in [-0.15, -0.1) is 0 Å². The third kappa shape index (κ3) is 2.36. The maximum Gasteiger partial charge on any atom is 0.258 e. The topological polar surface area (TPSA) is 46.1 Å². The van der Waals surface area contributed by atoms with Gasteiger partial charge in [-0.3, -0.25) is 14.9 Å². The van der Waals surface area contributed by atoms with Crippen molar-refractivity contribution >= 4 is 5.91 Å². The molecule has 2 heterocycles. The molecular formula is C13H21N3O. The number of nitrogens with one attached hydrogen (secondary N) is 2. The second kappa shape index (κ2) is 4.53. The van der Waals surface area contributed by atoms with E-state index in [0.29, 0.717) is 0 Å². The number of aromatic nitrogens is 1. The number of piperidine rings is 1. The van der Waals surface area contributed by atoms with Crippen molar-refractivity contribution in [2.24, 2.45) is 0 Å². The van der Waals surface area contributed by atoms with Gasteiger partial charge in [-0.2, -0.15) is 0 Å². The number of carbonyl (C=O) groups is 1. The highest BCUT2D eigenvalue weighted by Gasteiger charge is 2.34. The number of aryl methyl sites for hydroxylation is 2. The van der Waals surface area contributed by atoms with Crippen LogP contribution in [0.2, 0.25) is 0 Å². The fraction of sp³-hybridized carbons (Fsp3) is 0.615. The summed E-state index contributed by atoms with van der Waals surface area (Å²) in [5, 5.41) is 3.32. The number of carbonyl (C=O) groups excluding carboxylic acids is 1. The highest BCUT2D eigenvalue weighted by atomic mass is 16.2. The molecule has 0 spiro atoms. The van der Waals surface area contributed by atoms with E-state index in [0.717, 1.165) is 37.2 Å². The molecule has 1 aliphatic heterocycles. The van der Waals surface area contributed by atoms with Gasteiger partial charge in [0.25, 0.3) is 5.91 Å². The third-order valence-electron chi connectivity index (χ3n) is 3.60. The van der Waals surface area contributed by atoms with Crippen molar-refractivity contribution in [1.82, 2.24) is 9.99 Å². The van der Waals surface area contributed by atoms with Gasteiger partial charge in [-0.1, -0.05) is 0 Å². The van der Waals surface area contributed by atoms with Crippen LogP contribution in [0.25, 0.3) is 0 Å². The predicted octanol–water partition coefficient (Wildman–Crippen LogP) is 1.71. The highest BCUT2D eigenvalue weighted by Crippen LogP contribution is 2.19. The molecule has 2 rings (SSSR count). The molecule has 94 valence electrons. The van der Waals surface area contributed by atoms with Crippen LogP contribution in [-0.4, -0.2) is 22.7 Å². The molecule has 0 aromatic carbocycles. The van der Waals surface area contributed by atoms with Crippen LogP contribution in [0.3, 0.4) is 0 Å². The van der Waals surface area contributed by atoms with Gasteiger partial charge < -0.3 is 5.32 Å². The Morgan fingerprint density at radius 3 is 2.53 bits per heavy atom. The van der Waals surface area contributed by atoms with Crippen LogP contribution in [0, 0.1) is 13.8 Å². The average Bonchev–Trinajstić information content (AvgIpc) is 2.62. The SMILES string of the molecule is Cc1ccc(C)n1NC(=O)C1(C)CCCCN1. The van der Waals surface area contributed by atoms with Gasteiger partial charge >= 0.3 is 0 Å². The zero-order valence-corrected chi connectivity index (χ0v) is 10.8. The molecule has 1 saturated heterocycles. The smallest absolute Gasteiger partial charge is 0.258 e. The van der Waals surface area contributed by atoms with Crippen LogP contribution in [0.1, 0.15) is 37.6 Å². The Balaban J connectivity index is 2.11. The Morgan fingerprint density at radius 2 is 2.00 bits per heavy atom. The molecule has 2 N–H and O–H groups in total. The molecule has 4 nitrogen and oxygen atoms in total. The normalized spacial score (nSPS) is 24.6. The second-order valence-electron chi connectivity index (χ2n) is 5.11. The number of hydrogen-bond donors (Lipinski definition) is 2. The van der Waals surface area contributed by atoms with Crippen LogP contribution in [0.5, 0.6) is 0 Å². The summed E-state index contributed by atoms with van der Waals surface area (Å²) in [5.41, 5.74) is 4.66. The molecule has 0 radical (unpaired) electrons. The van der Waals surface area contributed by atoms with E-state index < -0.39 is 5.54 Å². The summed E-state index contributed by atoms with van der Waals surface area (Å²) in [6.45, 7) is 6.89. The molecule has 0 bridgehead atoms. The maximum atomic E-state index is 12.3. The molecule has 0 saturated carbocycles. The Morgan fingerprint density at radius 1 is 1.35 bits per heavy atom. The Hall–Kier alpha value is -1.29. The largest absolute Gasteiger partial charge is 0.304 e.